The lowest BCUT2D eigenvalue weighted by atomic mass is 9.87. The Morgan fingerprint density at radius 3 is 2.27 bits per heavy atom. The van der Waals surface area contributed by atoms with Gasteiger partial charge in [-0.15, -0.1) is 0 Å². The van der Waals surface area contributed by atoms with Crippen molar-refractivity contribution in [1.82, 2.24) is 0 Å². The molecule has 2 heteroatoms. The molecule has 1 aliphatic rings. The molecule has 1 nitrogen and oxygen atoms in total. The van der Waals surface area contributed by atoms with Gasteiger partial charge in [0, 0.05) is 11.8 Å². The van der Waals surface area contributed by atoms with Gasteiger partial charge in [0.1, 0.15) is 0 Å². The summed E-state index contributed by atoms with van der Waals surface area (Å²) in [6.45, 7) is 6.13. The van der Waals surface area contributed by atoms with Crippen LogP contribution in [0.5, 0.6) is 0 Å². The molecular formula is C9H19OP. The van der Waals surface area contributed by atoms with Gasteiger partial charge < -0.3 is 4.57 Å². The van der Waals surface area contributed by atoms with E-state index in [1.165, 1.54) is 19.3 Å². The molecule has 0 saturated heterocycles. The van der Waals surface area contributed by atoms with E-state index in [0.717, 1.165) is 12.1 Å². The van der Waals surface area contributed by atoms with E-state index in [4.69, 9.17) is 0 Å². The molecule has 1 unspecified atom stereocenters. The van der Waals surface area contributed by atoms with E-state index in [9.17, 15) is 4.57 Å². The van der Waals surface area contributed by atoms with E-state index < -0.39 is 7.14 Å². The van der Waals surface area contributed by atoms with E-state index in [2.05, 4.69) is 13.8 Å². The van der Waals surface area contributed by atoms with E-state index in [1.807, 2.05) is 6.66 Å². The van der Waals surface area contributed by atoms with Gasteiger partial charge in [-0.2, -0.15) is 0 Å². The van der Waals surface area contributed by atoms with E-state index in [1.54, 1.807) is 0 Å². The van der Waals surface area contributed by atoms with Crippen molar-refractivity contribution in [1.29, 1.82) is 0 Å². The minimum atomic E-state index is -1.79. The highest BCUT2D eigenvalue weighted by atomic mass is 31.2. The van der Waals surface area contributed by atoms with Crippen LogP contribution in [0, 0.1) is 5.92 Å². The summed E-state index contributed by atoms with van der Waals surface area (Å²) < 4.78 is 11.9. The van der Waals surface area contributed by atoms with Gasteiger partial charge in [-0.1, -0.05) is 20.3 Å². The predicted octanol–water partition coefficient (Wildman–Crippen LogP) is 3.19. The highest BCUT2D eigenvalue weighted by Crippen LogP contribution is 2.51. The molecule has 0 radical (unpaired) electrons. The van der Waals surface area contributed by atoms with Crippen molar-refractivity contribution in [3.63, 3.8) is 0 Å². The minimum absolute atomic E-state index is 0.392. The standard InChI is InChI=1S/C9H19OP/c1-8(2)11(3,10)7-9-5-4-6-9/h8-9H,4-7H2,1-3H3. The molecule has 0 aliphatic heterocycles. The second-order valence-corrected chi connectivity index (χ2v) is 7.99. The molecule has 0 heterocycles. The summed E-state index contributed by atoms with van der Waals surface area (Å²) in [6.07, 6.45) is 5.02. The quantitative estimate of drug-likeness (QED) is 0.600. The van der Waals surface area contributed by atoms with Crippen LogP contribution >= 0.6 is 7.14 Å². The van der Waals surface area contributed by atoms with Crippen LogP contribution in [0.25, 0.3) is 0 Å². The van der Waals surface area contributed by atoms with Crippen LogP contribution in [0.3, 0.4) is 0 Å². The van der Waals surface area contributed by atoms with E-state index >= 15 is 0 Å². The van der Waals surface area contributed by atoms with E-state index in [0.29, 0.717) is 5.66 Å². The fourth-order valence-electron chi connectivity index (χ4n) is 1.40. The summed E-state index contributed by atoms with van der Waals surface area (Å²) in [7, 11) is -1.79. The van der Waals surface area contributed by atoms with Crippen molar-refractivity contribution >= 4 is 7.14 Å². The lowest BCUT2D eigenvalue weighted by Crippen LogP contribution is -2.17. The maximum absolute atomic E-state index is 11.9. The monoisotopic (exact) mass is 174 g/mol. The van der Waals surface area contributed by atoms with Gasteiger partial charge in [-0.3, -0.25) is 0 Å². The lowest BCUT2D eigenvalue weighted by Gasteiger charge is -2.29. The van der Waals surface area contributed by atoms with Crippen LogP contribution in [-0.4, -0.2) is 18.5 Å². The zero-order valence-corrected chi connectivity index (χ0v) is 8.73. The molecule has 66 valence electrons. The number of hydrogen-bond donors (Lipinski definition) is 0. The summed E-state index contributed by atoms with van der Waals surface area (Å²) >= 11 is 0. The average molecular weight is 174 g/mol. The van der Waals surface area contributed by atoms with Crippen LogP contribution in [0.15, 0.2) is 0 Å². The summed E-state index contributed by atoms with van der Waals surface area (Å²) in [5, 5.41) is 0. The van der Waals surface area contributed by atoms with Gasteiger partial charge >= 0.3 is 0 Å². The smallest absolute Gasteiger partial charge is 0.0874 e. The van der Waals surface area contributed by atoms with Gasteiger partial charge in [0.15, 0.2) is 0 Å². The maximum Gasteiger partial charge on any atom is 0.0874 e. The number of hydrogen-bond acceptors (Lipinski definition) is 1. The van der Waals surface area contributed by atoms with Crippen LogP contribution in [0.4, 0.5) is 0 Å². The molecule has 11 heavy (non-hydrogen) atoms. The summed E-state index contributed by atoms with van der Waals surface area (Å²) in [5.41, 5.74) is 0.392. The van der Waals surface area contributed by atoms with E-state index in [-0.39, 0.29) is 0 Å². The van der Waals surface area contributed by atoms with Crippen molar-refractivity contribution in [3.8, 4) is 0 Å². The zero-order valence-electron chi connectivity index (χ0n) is 7.84. The Kier molecular flexibility index (Phi) is 2.80. The Morgan fingerprint density at radius 2 is 2.00 bits per heavy atom. The fraction of sp³-hybridized carbons (Fsp3) is 1.00. The van der Waals surface area contributed by atoms with Crippen molar-refractivity contribution in [2.75, 3.05) is 12.8 Å². The third kappa shape index (κ3) is 2.33. The largest absolute Gasteiger partial charge is 0.324 e. The fourth-order valence-corrected chi connectivity index (χ4v) is 3.21. The van der Waals surface area contributed by atoms with Gasteiger partial charge in [0.25, 0.3) is 0 Å². The molecule has 0 N–H and O–H groups in total. The number of rotatable bonds is 3. The Bertz CT molecular complexity index is 170. The Balaban J connectivity index is 2.38. The SMILES string of the molecule is CC(C)P(C)(=O)CC1CCC1. The van der Waals surface area contributed by atoms with Crippen molar-refractivity contribution in [2.24, 2.45) is 5.92 Å². The Labute approximate surface area is 69.9 Å². The van der Waals surface area contributed by atoms with Gasteiger partial charge in [-0.25, -0.2) is 0 Å². The van der Waals surface area contributed by atoms with Crippen molar-refractivity contribution < 1.29 is 4.57 Å². The maximum atomic E-state index is 11.9. The van der Waals surface area contributed by atoms with Crippen LogP contribution in [-0.2, 0) is 4.57 Å². The first-order chi connectivity index (χ1) is 5.02. The van der Waals surface area contributed by atoms with Crippen molar-refractivity contribution in [2.45, 2.75) is 38.8 Å². The van der Waals surface area contributed by atoms with Crippen LogP contribution < -0.4 is 0 Å². The molecular weight excluding hydrogens is 155 g/mol. The molecule has 1 atom stereocenters. The molecule has 1 fully saturated rings. The topological polar surface area (TPSA) is 17.1 Å². The second-order valence-electron chi connectivity index (χ2n) is 4.25. The second kappa shape index (κ2) is 3.31. The first kappa shape index (κ1) is 9.32. The molecule has 0 spiro atoms. The summed E-state index contributed by atoms with van der Waals surface area (Å²) in [4.78, 5) is 0. The molecule has 1 aliphatic carbocycles. The molecule has 0 bridgehead atoms. The molecule has 1 saturated carbocycles. The third-order valence-corrected chi connectivity index (χ3v) is 6.36. The normalized spacial score (nSPS) is 24.7. The summed E-state index contributed by atoms with van der Waals surface area (Å²) in [5.74, 6) is 0.799. The average Bonchev–Trinajstić information content (AvgIpc) is 1.79. The highest BCUT2D eigenvalue weighted by Gasteiger charge is 2.28. The minimum Gasteiger partial charge on any atom is -0.324 e. The predicted molar refractivity (Wildman–Crippen MR) is 50.9 cm³/mol. The zero-order chi connectivity index (χ0) is 8.48. The van der Waals surface area contributed by atoms with Gasteiger partial charge in [0.2, 0.25) is 0 Å². The lowest BCUT2D eigenvalue weighted by molar-refractivity contribution is 0.346. The third-order valence-electron chi connectivity index (χ3n) is 2.94. The molecule has 0 amide bonds. The highest BCUT2D eigenvalue weighted by molar-refractivity contribution is 7.63. The molecule has 0 aromatic carbocycles. The van der Waals surface area contributed by atoms with Gasteiger partial charge in [0.05, 0.1) is 7.14 Å². The Hall–Kier alpha value is 0.230. The Morgan fingerprint density at radius 1 is 1.45 bits per heavy atom. The molecule has 0 aromatic heterocycles. The molecule has 1 rings (SSSR count). The van der Waals surface area contributed by atoms with Gasteiger partial charge in [-0.05, 0) is 25.4 Å². The van der Waals surface area contributed by atoms with Crippen LogP contribution in [0.2, 0.25) is 0 Å². The van der Waals surface area contributed by atoms with Crippen molar-refractivity contribution in [3.05, 3.63) is 0 Å². The first-order valence-electron chi connectivity index (χ1n) is 4.58. The van der Waals surface area contributed by atoms with Crippen LogP contribution in [0.1, 0.15) is 33.1 Å². The molecule has 0 aromatic rings. The summed E-state index contributed by atoms with van der Waals surface area (Å²) in [6, 6.07) is 0. The first-order valence-corrected chi connectivity index (χ1v) is 6.99.